The molecule has 0 bridgehead atoms. The summed E-state index contributed by atoms with van der Waals surface area (Å²) in [5.74, 6) is -0.172. The molecule has 0 fully saturated rings. The second-order valence-electron chi connectivity index (χ2n) is 7.18. The third kappa shape index (κ3) is 6.76. The van der Waals surface area contributed by atoms with Crippen LogP contribution in [0.1, 0.15) is 11.1 Å². The van der Waals surface area contributed by atoms with Crippen LogP contribution in [0, 0.1) is 0 Å². The molecule has 1 N–H and O–H groups in total. The molecule has 0 radical (unpaired) electrons. The molecule has 0 heterocycles. The Morgan fingerprint density at radius 2 is 1.59 bits per heavy atom. The van der Waals surface area contributed by atoms with Crippen molar-refractivity contribution in [2.24, 2.45) is 0 Å². The molecular weight excluding hydrogens is 463 g/mol. The largest absolute Gasteiger partial charge is 0.357 e. The molecule has 166 valence electrons. The van der Waals surface area contributed by atoms with Crippen LogP contribution in [0.5, 0.6) is 0 Å². The summed E-state index contributed by atoms with van der Waals surface area (Å²) < 4.78 is 0. The minimum atomic E-state index is -0.669. The van der Waals surface area contributed by atoms with Gasteiger partial charge in [-0.05, 0) is 41.5 Å². The standard InChI is InChI=1S/C25H24Cl2N2O2S/c1-28-25(31)23(15-18-7-3-2-4-8-18)29(16-19-9-5-6-10-22(19)27)24(30)17-32-21-13-11-20(26)12-14-21/h2-14,23H,15-17H2,1H3,(H,28,31)/t23-/m1/s1. The zero-order valence-corrected chi connectivity index (χ0v) is 20.0. The maximum Gasteiger partial charge on any atom is 0.242 e. The summed E-state index contributed by atoms with van der Waals surface area (Å²) in [6, 6.07) is 23.7. The van der Waals surface area contributed by atoms with Gasteiger partial charge in [0.2, 0.25) is 11.8 Å². The summed E-state index contributed by atoms with van der Waals surface area (Å²) in [6.07, 6.45) is 0.405. The van der Waals surface area contributed by atoms with Crippen molar-refractivity contribution >= 4 is 46.8 Å². The van der Waals surface area contributed by atoms with Gasteiger partial charge in [0, 0.05) is 35.0 Å². The van der Waals surface area contributed by atoms with Crippen LogP contribution < -0.4 is 5.32 Å². The number of carbonyl (C=O) groups is 2. The Kier molecular flexibility index (Phi) is 9.03. The van der Waals surface area contributed by atoms with Crippen molar-refractivity contribution in [2.75, 3.05) is 12.8 Å². The van der Waals surface area contributed by atoms with Crippen molar-refractivity contribution < 1.29 is 9.59 Å². The van der Waals surface area contributed by atoms with Gasteiger partial charge in [0.05, 0.1) is 5.75 Å². The summed E-state index contributed by atoms with van der Waals surface area (Å²) in [7, 11) is 1.58. The number of amides is 2. The molecule has 1 atom stereocenters. The van der Waals surface area contributed by atoms with E-state index in [0.717, 1.165) is 16.0 Å². The number of thioether (sulfide) groups is 1. The van der Waals surface area contributed by atoms with Crippen molar-refractivity contribution in [3.05, 3.63) is 100 Å². The highest BCUT2D eigenvalue weighted by atomic mass is 35.5. The van der Waals surface area contributed by atoms with Gasteiger partial charge in [-0.3, -0.25) is 9.59 Å². The van der Waals surface area contributed by atoms with Crippen LogP contribution >= 0.6 is 35.0 Å². The second kappa shape index (κ2) is 12.0. The van der Waals surface area contributed by atoms with E-state index in [1.165, 1.54) is 11.8 Å². The average Bonchev–Trinajstić information content (AvgIpc) is 2.82. The average molecular weight is 487 g/mol. The highest BCUT2D eigenvalue weighted by molar-refractivity contribution is 8.00. The zero-order valence-electron chi connectivity index (χ0n) is 17.6. The van der Waals surface area contributed by atoms with E-state index in [0.29, 0.717) is 16.5 Å². The van der Waals surface area contributed by atoms with Gasteiger partial charge in [0.25, 0.3) is 0 Å². The van der Waals surface area contributed by atoms with E-state index in [4.69, 9.17) is 23.2 Å². The van der Waals surface area contributed by atoms with E-state index < -0.39 is 6.04 Å². The fourth-order valence-electron chi connectivity index (χ4n) is 3.29. The van der Waals surface area contributed by atoms with E-state index in [1.54, 1.807) is 30.1 Å². The first kappa shape index (κ1) is 24.2. The highest BCUT2D eigenvalue weighted by Gasteiger charge is 2.30. The number of rotatable bonds is 9. The van der Waals surface area contributed by atoms with Crippen LogP contribution in [0.3, 0.4) is 0 Å². The molecule has 0 aliphatic rings. The molecule has 0 unspecified atom stereocenters. The molecule has 0 aromatic heterocycles. The monoisotopic (exact) mass is 486 g/mol. The molecule has 0 spiro atoms. The number of halogens is 2. The van der Waals surface area contributed by atoms with Crippen LogP contribution in [-0.4, -0.2) is 35.6 Å². The summed E-state index contributed by atoms with van der Waals surface area (Å²) in [5, 5.41) is 3.92. The van der Waals surface area contributed by atoms with Gasteiger partial charge in [-0.25, -0.2) is 0 Å². The minimum absolute atomic E-state index is 0.144. The number of benzene rings is 3. The SMILES string of the molecule is CNC(=O)[C@@H](Cc1ccccc1)N(Cc1ccccc1Cl)C(=O)CSc1ccc(Cl)cc1. The molecule has 32 heavy (non-hydrogen) atoms. The van der Waals surface area contributed by atoms with Crippen LogP contribution in [0.4, 0.5) is 0 Å². The van der Waals surface area contributed by atoms with Gasteiger partial charge in [0.15, 0.2) is 0 Å². The van der Waals surface area contributed by atoms with Crippen LogP contribution in [0.2, 0.25) is 10.0 Å². The van der Waals surface area contributed by atoms with Gasteiger partial charge >= 0.3 is 0 Å². The Morgan fingerprint density at radius 3 is 2.25 bits per heavy atom. The summed E-state index contributed by atoms with van der Waals surface area (Å²) in [4.78, 5) is 28.8. The molecule has 0 saturated carbocycles. The first-order valence-electron chi connectivity index (χ1n) is 10.1. The van der Waals surface area contributed by atoms with Crippen LogP contribution in [0.15, 0.2) is 83.8 Å². The molecule has 4 nitrogen and oxygen atoms in total. The van der Waals surface area contributed by atoms with E-state index in [1.807, 2.05) is 60.7 Å². The first-order valence-corrected chi connectivity index (χ1v) is 11.9. The third-order valence-electron chi connectivity index (χ3n) is 4.99. The zero-order chi connectivity index (χ0) is 22.9. The van der Waals surface area contributed by atoms with Crippen molar-refractivity contribution in [3.8, 4) is 0 Å². The molecule has 2 amide bonds. The third-order valence-corrected chi connectivity index (χ3v) is 6.61. The highest BCUT2D eigenvalue weighted by Crippen LogP contribution is 2.24. The number of hydrogen-bond donors (Lipinski definition) is 1. The number of likely N-dealkylation sites (N-methyl/N-ethyl adjacent to an activating group) is 1. The van der Waals surface area contributed by atoms with Crippen molar-refractivity contribution in [1.29, 1.82) is 0 Å². The second-order valence-corrected chi connectivity index (χ2v) is 9.07. The predicted octanol–water partition coefficient (Wildman–Crippen LogP) is 5.47. The minimum Gasteiger partial charge on any atom is -0.357 e. The Bertz CT molecular complexity index is 1050. The normalized spacial score (nSPS) is 11.6. The number of hydrogen-bond acceptors (Lipinski definition) is 3. The van der Waals surface area contributed by atoms with E-state index in [-0.39, 0.29) is 24.1 Å². The summed E-state index contributed by atoms with van der Waals surface area (Å²) in [6.45, 7) is 0.241. The van der Waals surface area contributed by atoms with E-state index >= 15 is 0 Å². The molecule has 3 aromatic carbocycles. The molecule has 3 rings (SSSR count). The lowest BCUT2D eigenvalue weighted by Gasteiger charge is -2.31. The number of carbonyl (C=O) groups excluding carboxylic acids is 2. The summed E-state index contributed by atoms with van der Waals surface area (Å²) >= 11 is 13.7. The lowest BCUT2D eigenvalue weighted by atomic mass is 10.0. The fraction of sp³-hybridized carbons (Fsp3) is 0.200. The molecular formula is C25H24Cl2N2O2S. The Labute approximate surface area is 202 Å². The van der Waals surface area contributed by atoms with Gasteiger partial charge in [-0.15, -0.1) is 11.8 Å². The fourth-order valence-corrected chi connectivity index (χ4v) is 4.40. The Balaban J connectivity index is 1.87. The quantitative estimate of drug-likeness (QED) is 0.407. The van der Waals surface area contributed by atoms with Gasteiger partial charge in [0.1, 0.15) is 6.04 Å². The van der Waals surface area contributed by atoms with E-state index in [9.17, 15) is 9.59 Å². The van der Waals surface area contributed by atoms with Crippen molar-refractivity contribution in [1.82, 2.24) is 10.2 Å². The van der Waals surface area contributed by atoms with Crippen LogP contribution in [-0.2, 0) is 22.6 Å². The predicted molar refractivity (Wildman–Crippen MR) is 132 cm³/mol. The smallest absolute Gasteiger partial charge is 0.242 e. The maximum atomic E-state index is 13.4. The van der Waals surface area contributed by atoms with Crippen molar-refractivity contribution in [3.63, 3.8) is 0 Å². The number of nitrogens with zero attached hydrogens (tertiary/aromatic N) is 1. The van der Waals surface area contributed by atoms with E-state index in [2.05, 4.69) is 5.32 Å². The Hall–Kier alpha value is -2.47. The topological polar surface area (TPSA) is 49.4 Å². The molecule has 0 aliphatic heterocycles. The molecule has 3 aromatic rings. The van der Waals surface area contributed by atoms with Crippen molar-refractivity contribution in [2.45, 2.75) is 23.9 Å². The Morgan fingerprint density at radius 1 is 0.938 bits per heavy atom. The van der Waals surface area contributed by atoms with Gasteiger partial charge < -0.3 is 10.2 Å². The summed E-state index contributed by atoms with van der Waals surface area (Å²) in [5.41, 5.74) is 1.77. The van der Waals surface area contributed by atoms with Gasteiger partial charge in [-0.2, -0.15) is 0 Å². The lowest BCUT2D eigenvalue weighted by molar-refractivity contribution is -0.139. The molecule has 0 saturated heterocycles. The lowest BCUT2D eigenvalue weighted by Crippen LogP contribution is -2.50. The maximum absolute atomic E-state index is 13.4. The van der Waals surface area contributed by atoms with Gasteiger partial charge in [-0.1, -0.05) is 71.7 Å². The molecule has 0 aliphatic carbocycles. The van der Waals surface area contributed by atoms with Crippen LogP contribution in [0.25, 0.3) is 0 Å². The number of nitrogens with one attached hydrogen (secondary N) is 1. The molecule has 7 heteroatoms. The first-order chi connectivity index (χ1) is 15.5.